The van der Waals surface area contributed by atoms with Crippen LogP contribution in [0.4, 0.5) is 0 Å². The Labute approximate surface area is 351 Å². The molecule has 0 N–H and O–H groups in total. The first-order valence-electron chi connectivity index (χ1n) is 19.9. The molecule has 12 aromatic rings. The predicted molar refractivity (Wildman–Crippen MR) is 243 cm³/mol. The van der Waals surface area contributed by atoms with Gasteiger partial charge in [-0.25, -0.2) is 0 Å². The molecule has 282 valence electrons. The van der Waals surface area contributed by atoms with Gasteiger partial charge in [0.15, 0.2) is 0 Å². The van der Waals surface area contributed by atoms with E-state index in [-0.39, 0.29) is 0 Å². The molecule has 0 saturated heterocycles. The Balaban J connectivity index is 1.12. The van der Waals surface area contributed by atoms with Crippen LogP contribution in [0.15, 0.2) is 237 Å². The molecule has 59 heavy (non-hydrogen) atoms. The molecule has 0 amide bonds. The zero-order chi connectivity index (χ0) is 38.9. The number of nitrogens with zero attached hydrogens (tertiary/aromatic N) is 2. The van der Waals surface area contributed by atoms with Gasteiger partial charge in [-0.2, -0.15) is 0 Å². The third-order valence-electron chi connectivity index (χ3n) is 11.6. The molecule has 0 unspecified atom stereocenters. The first-order valence-corrected chi connectivity index (χ1v) is 25.2. The fourth-order valence-corrected chi connectivity index (χ4v) is 20.8. The third kappa shape index (κ3) is 5.28. The van der Waals surface area contributed by atoms with Crippen LogP contribution in [-0.2, 0) is 0 Å². The van der Waals surface area contributed by atoms with Gasteiger partial charge in [0.25, 0.3) is 0 Å². The summed E-state index contributed by atoms with van der Waals surface area (Å²) in [5.41, 5.74) is 8.95. The SMILES string of the molecule is c1ccc(S([I-]c2ccc(-n3c4ccccc4c4cc(-n5c6ccccc6c6ccccc65)ccc43)c3c2oc2ccccc23)(c2ccccc2)c2ccccc2)cc1. The average Bonchev–Trinajstić information content (AvgIpc) is 3.98. The number of aromatic nitrogens is 2. The molecule has 3 heterocycles. The molecule has 5 heteroatoms. The molecule has 0 atom stereocenters. The molecule has 0 radical (unpaired) electrons. The Bertz CT molecular complexity index is 3380. The summed E-state index contributed by atoms with van der Waals surface area (Å²) < 4.78 is 13.3. The van der Waals surface area contributed by atoms with Crippen LogP contribution >= 0.6 is 7.20 Å². The maximum absolute atomic E-state index is 7.07. The molecule has 0 aliphatic rings. The van der Waals surface area contributed by atoms with E-state index < -0.39 is 27.0 Å². The summed E-state index contributed by atoms with van der Waals surface area (Å²) in [7, 11) is -1.67. The third-order valence-corrected chi connectivity index (χ3v) is 23.6. The molecular formula is C54H36IN2OS-. The quantitative estimate of drug-likeness (QED) is 0.146. The van der Waals surface area contributed by atoms with Crippen LogP contribution in [0.3, 0.4) is 0 Å². The van der Waals surface area contributed by atoms with Crippen molar-refractivity contribution in [3.8, 4) is 11.4 Å². The van der Waals surface area contributed by atoms with Gasteiger partial charge in [0, 0.05) is 0 Å². The van der Waals surface area contributed by atoms with Crippen LogP contribution in [0.5, 0.6) is 0 Å². The van der Waals surface area contributed by atoms with Crippen molar-refractivity contribution in [1.82, 2.24) is 9.13 Å². The minimum atomic E-state index is -1.67. The molecule has 3 nitrogen and oxygen atoms in total. The molecule has 0 bridgehead atoms. The fraction of sp³-hybridized carbons (Fsp3) is 0. The summed E-state index contributed by atoms with van der Waals surface area (Å²) in [6.07, 6.45) is 0. The van der Waals surface area contributed by atoms with Crippen molar-refractivity contribution in [3.63, 3.8) is 0 Å². The van der Waals surface area contributed by atoms with Crippen molar-refractivity contribution < 1.29 is 24.2 Å². The normalized spacial score (nSPS) is 12.5. The molecular weight excluding hydrogens is 852 g/mol. The number of fused-ring (bicyclic) bond motifs is 9. The van der Waals surface area contributed by atoms with Gasteiger partial charge in [-0.15, -0.1) is 0 Å². The van der Waals surface area contributed by atoms with E-state index in [1.165, 1.54) is 61.9 Å². The number of rotatable bonds is 7. The minimum absolute atomic E-state index is 0.722. The zero-order valence-corrected chi connectivity index (χ0v) is 34.8. The predicted octanol–water partition coefficient (Wildman–Crippen LogP) is 11.9. The zero-order valence-electron chi connectivity index (χ0n) is 31.9. The monoisotopic (exact) mass is 887 g/mol. The van der Waals surface area contributed by atoms with Crippen LogP contribution < -0.4 is 19.8 Å². The average molecular weight is 888 g/mol. The van der Waals surface area contributed by atoms with Gasteiger partial charge in [0.05, 0.1) is 0 Å². The number of para-hydroxylation sites is 4. The van der Waals surface area contributed by atoms with Crippen LogP contribution in [0.2, 0.25) is 0 Å². The second kappa shape index (κ2) is 13.8. The number of furan rings is 1. The molecule has 0 saturated carbocycles. The van der Waals surface area contributed by atoms with E-state index in [9.17, 15) is 0 Å². The second-order valence-electron chi connectivity index (χ2n) is 14.8. The molecule has 9 aromatic carbocycles. The summed E-state index contributed by atoms with van der Waals surface area (Å²) >= 11 is -0.722. The Morgan fingerprint density at radius 3 is 1.41 bits per heavy atom. The van der Waals surface area contributed by atoms with Gasteiger partial charge in [0.2, 0.25) is 0 Å². The number of hydrogen-bond donors (Lipinski definition) is 0. The Hall–Kier alpha value is -6.54. The second-order valence-corrected chi connectivity index (χ2v) is 23.9. The van der Waals surface area contributed by atoms with E-state index in [0.29, 0.717) is 0 Å². The molecule has 0 aliphatic carbocycles. The van der Waals surface area contributed by atoms with E-state index in [0.717, 1.165) is 33.3 Å². The van der Waals surface area contributed by atoms with Crippen molar-refractivity contribution in [2.45, 2.75) is 14.7 Å². The number of hydrogen-bond acceptors (Lipinski definition) is 1. The summed E-state index contributed by atoms with van der Waals surface area (Å²) in [5.74, 6) is 0. The number of halogens is 1. The van der Waals surface area contributed by atoms with E-state index in [2.05, 4.69) is 228 Å². The van der Waals surface area contributed by atoms with Gasteiger partial charge in [-0.1, -0.05) is 36.4 Å². The summed E-state index contributed by atoms with van der Waals surface area (Å²) in [5, 5.41) is 7.27. The topological polar surface area (TPSA) is 23.0 Å². The molecule has 0 spiro atoms. The van der Waals surface area contributed by atoms with Crippen LogP contribution in [0, 0.1) is 3.57 Å². The molecule has 3 aromatic heterocycles. The van der Waals surface area contributed by atoms with E-state index in [1.807, 2.05) is 0 Å². The Kier molecular flexibility index (Phi) is 8.07. The van der Waals surface area contributed by atoms with Gasteiger partial charge in [-0.05, 0) is 0 Å². The molecule has 0 fully saturated rings. The van der Waals surface area contributed by atoms with Crippen LogP contribution in [-0.4, -0.2) is 9.13 Å². The van der Waals surface area contributed by atoms with Gasteiger partial charge >= 0.3 is 318 Å². The van der Waals surface area contributed by atoms with Crippen molar-refractivity contribution in [2.24, 2.45) is 0 Å². The first-order chi connectivity index (χ1) is 29.3. The van der Waals surface area contributed by atoms with Crippen molar-refractivity contribution in [3.05, 3.63) is 222 Å². The van der Waals surface area contributed by atoms with Crippen molar-refractivity contribution >= 4 is 72.7 Å². The molecule has 0 aliphatic heterocycles. The Morgan fingerprint density at radius 1 is 0.373 bits per heavy atom. The van der Waals surface area contributed by atoms with E-state index >= 15 is 0 Å². The van der Waals surface area contributed by atoms with E-state index in [1.54, 1.807) is 0 Å². The summed E-state index contributed by atoms with van der Waals surface area (Å²) in [4.78, 5) is 4.12. The van der Waals surface area contributed by atoms with Crippen molar-refractivity contribution in [1.29, 1.82) is 0 Å². The van der Waals surface area contributed by atoms with Gasteiger partial charge in [-0.3, -0.25) is 0 Å². The first kappa shape index (κ1) is 34.5. The van der Waals surface area contributed by atoms with Gasteiger partial charge < -0.3 is 0 Å². The van der Waals surface area contributed by atoms with Gasteiger partial charge in [0.1, 0.15) is 0 Å². The summed E-state index contributed by atoms with van der Waals surface area (Å²) in [6.45, 7) is 0. The molecule has 12 rings (SSSR count). The fourth-order valence-electron chi connectivity index (χ4n) is 9.08. The standard InChI is InChI=1S/C54H36IN2OS/c1-4-18-38(19-5-1)59(39-20-6-2-7-21-39,40-22-8-3-9-23-40)55-46-33-35-51(53-44-27-13-17-31-52(44)58-54(46)53)57-49-30-16-12-26-43(49)45-36-37(32-34-50(45)57)56-47-28-14-10-24-41(47)42-25-11-15-29-48(42)56/h1-36H/q-1. The number of benzene rings is 9. The summed E-state index contributed by atoms with van der Waals surface area (Å²) in [6, 6.07) is 80.3. The van der Waals surface area contributed by atoms with Crippen molar-refractivity contribution in [2.75, 3.05) is 0 Å². The maximum atomic E-state index is 7.07. The van der Waals surface area contributed by atoms with Crippen LogP contribution in [0.25, 0.3) is 76.9 Å². The van der Waals surface area contributed by atoms with Crippen LogP contribution in [0.1, 0.15) is 0 Å². The Morgan fingerprint density at radius 2 is 0.831 bits per heavy atom. The van der Waals surface area contributed by atoms with E-state index in [4.69, 9.17) is 4.42 Å².